The molecule has 2 aromatic carbocycles. The van der Waals surface area contributed by atoms with Crippen LogP contribution in [0.1, 0.15) is 5.56 Å². The number of hydrogen-bond donors (Lipinski definition) is 1. The average Bonchev–Trinajstić information content (AvgIpc) is 3.22. The van der Waals surface area contributed by atoms with Crippen LogP contribution in [0.5, 0.6) is 23.0 Å². The lowest BCUT2D eigenvalue weighted by atomic mass is 10.1. The lowest BCUT2D eigenvalue weighted by molar-refractivity contribution is 0.171. The van der Waals surface area contributed by atoms with Crippen molar-refractivity contribution >= 4 is 22.7 Å². The first-order chi connectivity index (χ1) is 13.8. The predicted molar refractivity (Wildman–Crippen MR) is 109 cm³/mol. The van der Waals surface area contributed by atoms with Crippen molar-refractivity contribution in [1.82, 2.24) is 4.98 Å². The number of benzene rings is 2. The average molecular weight is 397 g/mol. The number of methoxy groups -OCH3 is 2. The molecule has 1 N–H and O–H groups in total. The Balaban J connectivity index is 1.44. The molecule has 0 saturated heterocycles. The highest BCUT2D eigenvalue weighted by molar-refractivity contribution is 7.14. The van der Waals surface area contributed by atoms with Crippen LogP contribution in [-0.2, 0) is 0 Å². The van der Waals surface area contributed by atoms with Crippen molar-refractivity contribution in [1.29, 1.82) is 0 Å². The monoisotopic (exact) mass is 397 g/mol. The Morgan fingerprint density at radius 1 is 1.04 bits per heavy atom. The molecule has 1 aromatic heterocycles. The summed E-state index contributed by atoms with van der Waals surface area (Å²) in [6, 6.07) is 11.4. The Morgan fingerprint density at radius 3 is 2.68 bits per heavy atom. The summed E-state index contributed by atoms with van der Waals surface area (Å²) >= 11 is 1.48. The number of hydrogen-bond acceptors (Lipinski definition) is 8. The summed E-state index contributed by atoms with van der Waals surface area (Å²) < 4.78 is 21.7. The first-order valence-corrected chi connectivity index (χ1v) is 9.51. The van der Waals surface area contributed by atoms with E-state index < -0.39 is 0 Å². The molecule has 144 valence electrons. The largest absolute Gasteiger partial charge is 0.493 e. The van der Waals surface area contributed by atoms with E-state index in [0.717, 1.165) is 28.3 Å². The second-order valence-electron chi connectivity index (χ2n) is 5.88. The van der Waals surface area contributed by atoms with Gasteiger partial charge in [-0.25, -0.2) is 4.98 Å². The number of thiazole rings is 1. The zero-order valence-electron chi connectivity index (χ0n) is 15.5. The van der Waals surface area contributed by atoms with Crippen LogP contribution in [0.3, 0.4) is 0 Å². The van der Waals surface area contributed by atoms with Crippen molar-refractivity contribution in [3.63, 3.8) is 0 Å². The molecule has 8 heteroatoms. The predicted octanol–water partition coefficient (Wildman–Crippen LogP) is 4.04. The standard InChI is InChI=1S/C20H19N3O4S/c1-24-16-5-3-13(9-18(16)25-2)11-21-23-20-22-15(12-28-20)14-4-6-17-19(10-14)27-8-7-26-17/h3-6,9-12H,7-8H2,1-2H3,(H,22,23)/b21-11-. The van der Waals surface area contributed by atoms with E-state index >= 15 is 0 Å². The van der Waals surface area contributed by atoms with Gasteiger partial charge in [-0.1, -0.05) is 0 Å². The SMILES string of the molecule is COc1ccc(/C=N\Nc2nc(-c3ccc4c(c3)OCCO4)cs2)cc1OC. The summed E-state index contributed by atoms with van der Waals surface area (Å²) in [5.74, 6) is 2.85. The smallest absolute Gasteiger partial charge is 0.203 e. The molecule has 3 aromatic rings. The van der Waals surface area contributed by atoms with Crippen molar-refractivity contribution in [2.24, 2.45) is 5.10 Å². The molecule has 2 heterocycles. The third-order valence-electron chi connectivity index (χ3n) is 4.12. The van der Waals surface area contributed by atoms with Crippen LogP contribution in [0.4, 0.5) is 5.13 Å². The summed E-state index contributed by atoms with van der Waals surface area (Å²) in [4.78, 5) is 4.57. The zero-order valence-corrected chi connectivity index (χ0v) is 16.3. The first kappa shape index (κ1) is 18.1. The maximum atomic E-state index is 5.63. The minimum absolute atomic E-state index is 0.561. The Morgan fingerprint density at radius 2 is 1.86 bits per heavy atom. The quantitative estimate of drug-likeness (QED) is 0.500. The summed E-state index contributed by atoms with van der Waals surface area (Å²) in [6.07, 6.45) is 1.70. The summed E-state index contributed by atoms with van der Waals surface area (Å²) in [5.41, 5.74) is 5.67. The maximum Gasteiger partial charge on any atom is 0.203 e. The third kappa shape index (κ3) is 3.86. The van der Waals surface area contributed by atoms with Crippen molar-refractivity contribution < 1.29 is 18.9 Å². The first-order valence-electron chi connectivity index (χ1n) is 8.63. The fourth-order valence-corrected chi connectivity index (χ4v) is 3.42. The van der Waals surface area contributed by atoms with Gasteiger partial charge in [0.25, 0.3) is 0 Å². The molecule has 0 spiro atoms. The van der Waals surface area contributed by atoms with E-state index in [9.17, 15) is 0 Å². The molecule has 0 atom stereocenters. The fourth-order valence-electron chi connectivity index (χ4n) is 2.76. The Hall–Kier alpha value is -3.26. The van der Waals surface area contributed by atoms with Gasteiger partial charge in [0.05, 0.1) is 26.1 Å². The van der Waals surface area contributed by atoms with E-state index in [-0.39, 0.29) is 0 Å². The molecule has 0 amide bonds. The van der Waals surface area contributed by atoms with E-state index in [1.165, 1.54) is 11.3 Å². The molecule has 0 radical (unpaired) electrons. The van der Waals surface area contributed by atoms with Gasteiger partial charge >= 0.3 is 0 Å². The van der Waals surface area contributed by atoms with Gasteiger partial charge < -0.3 is 18.9 Å². The van der Waals surface area contributed by atoms with E-state index in [2.05, 4.69) is 15.5 Å². The number of rotatable bonds is 6. The maximum absolute atomic E-state index is 5.63. The van der Waals surface area contributed by atoms with Gasteiger partial charge in [-0.3, -0.25) is 5.43 Å². The highest BCUT2D eigenvalue weighted by Gasteiger charge is 2.13. The van der Waals surface area contributed by atoms with Gasteiger partial charge in [-0.15, -0.1) is 11.3 Å². The van der Waals surface area contributed by atoms with Crippen molar-refractivity contribution in [3.8, 4) is 34.3 Å². The molecule has 28 heavy (non-hydrogen) atoms. The van der Waals surface area contributed by atoms with Gasteiger partial charge in [-0.05, 0) is 42.0 Å². The minimum atomic E-state index is 0.561. The lowest BCUT2D eigenvalue weighted by Crippen LogP contribution is -2.15. The minimum Gasteiger partial charge on any atom is -0.493 e. The normalized spacial score (nSPS) is 12.8. The number of fused-ring (bicyclic) bond motifs is 1. The molecule has 1 aliphatic heterocycles. The molecular formula is C20H19N3O4S. The van der Waals surface area contributed by atoms with Crippen molar-refractivity contribution in [3.05, 3.63) is 47.3 Å². The van der Waals surface area contributed by atoms with Crippen LogP contribution in [0.2, 0.25) is 0 Å². The topological polar surface area (TPSA) is 74.2 Å². The highest BCUT2D eigenvalue weighted by Crippen LogP contribution is 2.35. The van der Waals surface area contributed by atoms with E-state index in [4.69, 9.17) is 18.9 Å². The molecule has 0 unspecified atom stereocenters. The fraction of sp³-hybridized carbons (Fsp3) is 0.200. The number of nitrogens with one attached hydrogen (secondary N) is 1. The van der Waals surface area contributed by atoms with E-state index in [0.29, 0.717) is 29.8 Å². The van der Waals surface area contributed by atoms with Crippen LogP contribution in [0, 0.1) is 0 Å². The molecule has 0 fully saturated rings. The number of ether oxygens (including phenoxy) is 4. The molecule has 4 rings (SSSR count). The molecular weight excluding hydrogens is 378 g/mol. The van der Waals surface area contributed by atoms with Crippen LogP contribution in [-0.4, -0.2) is 38.6 Å². The van der Waals surface area contributed by atoms with Crippen LogP contribution in [0.15, 0.2) is 46.9 Å². The summed E-state index contributed by atoms with van der Waals surface area (Å²) in [7, 11) is 3.21. The second kappa shape index (κ2) is 8.18. The van der Waals surface area contributed by atoms with Crippen molar-refractivity contribution in [2.45, 2.75) is 0 Å². The Kier molecular flexibility index (Phi) is 5.29. The van der Waals surface area contributed by atoms with Gasteiger partial charge in [0.2, 0.25) is 5.13 Å². The zero-order chi connectivity index (χ0) is 19.3. The number of hydrazone groups is 1. The number of nitrogens with zero attached hydrogens (tertiary/aromatic N) is 2. The third-order valence-corrected chi connectivity index (χ3v) is 4.87. The Bertz CT molecular complexity index is 1000. The molecule has 7 nitrogen and oxygen atoms in total. The van der Waals surface area contributed by atoms with Crippen LogP contribution in [0.25, 0.3) is 11.3 Å². The van der Waals surface area contributed by atoms with Gasteiger partial charge in [0.15, 0.2) is 23.0 Å². The number of anilines is 1. The Labute approximate surface area is 166 Å². The molecule has 0 saturated carbocycles. The molecule has 0 aliphatic carbocycles. The van der Waals surface area contributed by atoms with Gasteiger partial charge in [-0.2, -0.15) is 5.10 Å². The molecule has 0 bridgehead atoms. The van der Waals surface area contributed by atoms with Crippen LogP contribution < -0.4 is 24.4 Å². The van der Waals surface area contributed by atoms with E-state index in [1.54, 1.807) is 20.4 Å². The lowest BCUT2D eigenvalue weighted by Gasteiger charge is -2.18. The molecule has 1 aliphatic rings. The summed E-state index contributed by atoms with van der Waals surface area (Å²) in [5, 5.41) is 6.92. The summed E-state index contributed by atoms with van der Waals surface area (Å²) in [6.45, 7) is 1.14. The van der Waals surface area contributed by atoms with Crippen molar-refractivity contribution in [2.75, 3.05) is 32.9 Å². The highest BCUT2D eigenvalue weighted by atomic mass is 32.1. The number of aromatic nitrogens is 1. The van der Waals surface area contributed by atoms with E-state index in [1.807, 2.05) is 41.8 Å². The second-order valence-corrected chi connectivity index (χ2v) is 6.74. The van der Waals surface area contributed by atoms with Gasteiger partial charge in [0, 0.05) is 10.9 Å². The van der Waals surface area contributed by atoms with Crippen LogP contribution >= 0.6 is 11.3 Å². The van der Waals surface area contributed by atoms with Gasteiger partial charge in [0.1, 0.15) is 13.2 Å².